The Hall–Kier alpha value is -3.86. The number of ether oxygens (including phenoxy) is 1. The molecule has 3 aromatic rings. The van der Waals surface area contributed by atoms with E-state index in [2.05, 4.69) is 5.32 Å². The molecule has 39 heavy (non-hydrogen) atoms. The third-order valence-corrected chi connectivity index (χ3v) is 7.53. The maximum absolute atomic E-state index is 15.0. The van der Waals surface area contributed by atoms with Gasteiger partial charge in [0, 0.05) is 35.1 Å². The first-order valence-corrected chi connectivity index (χ1v) is 14.1. The normalized spacial score (nSPS) is 13.4. The molecule has 1 aliphatic rings. The fraction of sp³-hybridized carbons (Fsp3) is 0.286. The smallest absolute Gasteiger partial charge is 0.255 e. The van der Waals surface area contributed by atoms with E-state index in [0.717, 1.165) is 23.4 Å². The monoisotopic (exact) mass is 560 g/mol. The molecular formula is C28H27F3N2O5S. The number of amides is 2. The molecule has 1 heterocycles. The predicted molar refractivity (Wildman–Crippen MR) is 139 cm³/mol. The SMILES string of the molecule is CCc1c(C(=O)N2CCOc3ccc(-c4ccc(C(=O)NCC(F)F)cc4)cc3C2)ccc(S(C)(=O)=O)c1F. The summed E-state index contributed by atoms with van der Waals surface area (Å²) >= 11 is 0. The molecule has 4 rings (SSSR count). The van der Waals surface area contributed by atoms with Crippen molar-refractivity contribution in [3.8, 4) is 16.9 Å². The van der Waals surface area contributed by atoms with Gasteiger partial charge < -0.3 is 15.0 Å². The molecule has 0 radical (unpaired) electrons. The van der Waals surface area contributed by atoms with Crippen molar-refractivity contribution in [2.75, 3.05) is 26.0 Å². The molecule has 11 heteroatoms. The number of hydrogen-bond acceptors (Lipinski definition) is 5. The van der Waals surface area contributed by atoms with E-state index in [4.69, 9.17) is 4.74 Å². The van der Waals surface area contributed by atoms with Gasteiger partial charge in [0.15, 0.2) is 9.84 Å². The minimum absolute atomic E-state index is 0.0414. The number of carbonyl (C=O) groups is 2. The van der Waals surface area contributed by atoms with Gasteiger partial charge in [-0.1, -0.05) is 25.1 Å². The number of sulfone groups is 1. The lowest BCUT2D eigenvalue weighted by atomic mass is 10.00. The second-order valence-corrected chi connectivity index (χ2v) is 11.1. The molecule has 3 aromatic carbocycles. The second kappa shape index (κ2) is 11.5. The molecule has 1 aliphatic heterocycles. The quantitative estimate of drug-likeness (QED) is 0.460. The van der Waals surface area contributed by atoms with Crippen LogP contribution in [0.4, 0.5) is 13.2 Å². The summed E-state index contributed by atoms with van der Waals surface area (Å²) in [6.07, 6.45) is -1.58. The van der Waals surface area contributed by atoms with Crippen LogP contribution in [0.5, 0.6) is 5.75 Å². The fourth-order valence-corrected chi connectivity index (χ4v) is 5.20. The summed E-state index contributed by atoms with van der Waals surface area (Å²) in [4.78, 5) is 26.6. The average molecular weight is 561 g/mol. The lowest BCUT2D eigenvalue weighted by Gasteiger charge is -2.22. The van der Waals surface area contributed by atoms with Gasteiger partial charge in [-0.2, -0.15) is 0 Å². The molecule has 0 atom stereocenters. The van der Waals surface area contributed by atoms with Gasteiger partial charge in [0.25, 0.3) is 18.2 Å². The zero-order valence-corrected chi connectivity index (χ0v) is 22.2. The molecule has 0 unspecified atom stereocenters. The number of nitrogens with one attached hydrogen (secondary N) is 1. The van der Waals surface area contributed by atoms with Crippen molar-refractivity contribution >= 4 is 21.7 Å². The van der Waals surface area contributed by atoms with Crippen molar-refractivity contribution < 1.29 is 35.9 Å². The summed E-state index contributed by atoms with van der Waals surface area (Å²) in [5.74, 6) is -1.36. The number of rotatable bonds is 7. The van der Waals surface area contributed by atoms with Crippen molar-refractivity contribution in [1.82, 2.24) is 10.2 Å². The largest absolute Gasteiger partial charge is 0.491 e. The van der Waals surface area contributed by atoms with Crippen molar-refractivity contribution in [1.29, 1.82) is 0 Å². The Morgan fingerprint density at radius 2 is 1.74 bits per heavy atom. The standard InChI is InChI=1S/C28H27F3N2O5S/c1-3-21-22(9-11-24(26(21)31)39(2,36)37)28(35)33-12-13-38-23-10-8-19(14-20(23)16-33)17-4-6-18(7-5-17)27(34)32-15-25(29)30/h4-11,14,25H,3,12-13,15-16H2,1-2H3,(H,32,34). The molecule has 1 N–H and O–H groups in total. The van der Waals surface area contributed by atoms with E-state index in [1.54, 1.807) is 25.1 Å². The Labute approximate surface area is 224 Å². The van der Waals surface area contributed by atoms with E-state index >= 15 is 4.39 Å². The summed E-state index contributed by atoms with van der Waals surface area (Å²) < 4.78 is 69.5. The highest BCUT2D eigenvalue weighted by Crippen LogP contribution is 2.31. The molecule has 0 spiro atoms. The molecule has 0 aromatic heterocycles. The number of alkyl halides is 2. The van der Waals surface area contributed by atoms with E-state index < -0.39 is 45.3 Å². The summed E-state index contributed by atoms with van der Waals surface area (Å²) in [6.45, 7) is 1.56. The van der Waals surface area contributed by atoms with Crippen molar-refractivity contribution in [3.63, 3.8) is 0 Å². The van der Waals surface area contributed by atoms with Crippen LogP contribution in [0.1, 0.15) is 38.8 Å². The van der Waals surface area contributed by atoms with Gasteiger partial charge >= 0.3 is 0 Å². The van der Waals surface area contributed by atoms with Crippen LogP contribution >= 0.6 is 0 Å². The Morgan fingerprint density at radius 1 is 1.05 bits per heavy atom. The first-order valence-electron chi connectivity index (χ1n) is 12.2. The van der Waals surface area contributed by atoms with Crippen LogP contribution in [0.3, 0.4) is 0 Å². The Bertz CT molecular complexity index is 1510. The molecular weight excluding hydrogens is 533 g/mol. The highest BCUT2D eigenvalue weighted by atomic mass is 32.2. The number of nitrogens with zero attached hydrogens (tertiary/aromatic N) is 1. The van der Waals surface area contributed by atoms with Crippen LogP contribution in [0.15, 0.2) is 59.5 Å². The molecule has 206 valence electrons. The zero-order valence-electron chi connectivity index (χ0n) is 21.3. The van der Waals surface area contributed by atoms with Gasteiger partial charge in [-0.25, -0.2) is 21.6 Å². The Morgan fingerprint density at radius 3 is 2.38 bits per heavy atom. The number of halogens is 3. The highest BCUT2D eigenvalue weighted by molar-refractivity contribution is 7.90. The van der Waals surface area contributed by atoms with E-state index in [1.807, 2.05) is 12.1 Å². The van der Waals surface area contributed by atoms with E-state index in [1.165, 1.54) is 23.1 Å². The van der Waals surface area contributed by atoms with Gasteiger partial charge in [-0.15, -0.1) is 0 Å². The van der Waals surface area contributed by atoms with Gasteiger partial charge in [0.05, 0.1) is 13.1 Å². The van der Waals surface area contributed by atoms with Crippen LogP contribution in [0.2, 0.25) is 0 Å². The molecule has 0 fully saturated rings. The van der Waals surface area contributed by atoms with Gasteiger partial charge in [-0.05, 0) is 53.9 Å². The maximum Gasteiger partial charge on any atom is 0.255 e. The number of fused-ring (bicyclic) bond motifs is 1. The number of carbonyl (C=O) groups excluding carboxylic acids is 2. The first-order chi connectivity index (χ1) is 18.5. The molecule has 2 amide bonds. The summed E-state index contributed by atoms with van der Waals surface area (Å²) in [7, 11) is -3.80. The van der Waals surface area contributed by atoms with Crippen LogP contribution in [-0.4, -0.2) is 57.5 Å². The topological polar surface area (TPSA) is 92.8 Å². The van der Waals surface area contributed by atoms with Gasteiger partial charge in [-0.3, -0.25) is 9.59 Å². The summed E-state index contributed by atoms with van der Waals surface area (Å²) in [6, 6.07) is 14.4. The summed E-state index contributed by atoms with van der Waals surface area (Å²) in [5.41, 5.74) is 2.64. The van der Waals surface area contributed by atoms with E-state index in [0.29, 0.717) is 11.3 Å². The van der Waals surface area contributed by atoms with Crippen molar-refractivity contribution in [2.45, 2.75) is 31.2 Å². The second-order valence-electron chi connectivity index (χ2n) is 9.11. The third kappa shape index (κ3) is 6.25. The maximum atomic E-state index is 15.0. The van der Waals surface area contributed by atoms with Crippen LogP contribution in [-0.2, 0) is 22.8 Å². The highest BCUT2D eigenvalue weighted by Gasteiger charge is 2.27. The van der Waals surface area contributed by atoms with Gasteiger partial charge in [0.2, 0.25) is 0 Å². The zero-order chi connectivity index (χ0) is 28.3. The van der Waals surface area contributed by atoms with Crippen molar-refractivity contribution in [3.05, 3.63) is 82.7 Å². The van der Waals surface area contributed by atoms with Crippen LogP contribution in [0, 0.1) is 5.82 Å². The fourth-order valence-electron chi connectivity index (χ4n) is 4.44. The average Bonchev–Trinajstić information content (AvgIpc) is 3.12. The molecule has 0 saturated heterocycles. The van der Waals surface area contributed by atoms with Crippen molar-refractivity contribution in [2.24, 2.45) is 0 Å². The lowest BCUT2D eigenvalue weighted by molar-refractivity contribution is 0.0731. The van der Waals surface area contributed by atoms with Crippen LogP contribution in [0.25, 0.3) is 11.1 Å². The minimum Gasteiger partial charge on any atom is -0.491 e. The predicted octanol–water partition coefficient (Wildman–Crippen LogP) is 4.49. The molecule has 0 saturated carbocycles. The Balaban J connectivity index is 1.59. The number of hydrogen-bond donors (Lipinski definition) is 1. The lowest BCUT2D eigenvalue weighted by Crippen LogP contribution is -2.33. The molecule has 7 nitrogen and oxygen atoms in total. The van der Waals surface area contributed by atoms with E-state index in [-0.39, 0.29) is 42.8 Å². The minimum atomic E-state index is -3.80. The Kier molecular flexibility index (Phi) is 8.29. The third-order valence-electron chi connectivity index (χ3n) is 6.42. The number of benzene rings is 3. The first kappa shape index (κ1) is 28.2. The summed E-state index contributed by atoms with van der Waals surface area (Å²) in [5, 5.41) is 2.16. The van der Waals surface area contributed by atoms with Crippen LogP contribution < -0.4 is 10.1 Å². The molecule has 0 aliphatic carbocycles. The van der Waals surface area contributed by atoms with Gasteiger partial charge in [0.1, 0.15) is 23.1 Å². The molecule has 0 bridgehead atoms. The van der Waals surface area contributed by atoms with E-state index in [9.17, 15) is 26.8 Å².